The van der Waals surface area contributed by atoms with Crippen molar-refractivity contribution in [2.45, 2.75) is 40.3 Å². The van der Waals surface area contributed by atoms with Gasteiger partial charge in [0.05, 0.1) is 22.2 Å². The number of aliphatic hydroxyl groups is 1. The number of rotatable bonds is 7. The van der Waals surface area contributed by atoms with E-state index in [2.05, 4.69) is 4.98 Å². The molecule has 0 radical (unpaired) electrons. The fourth-order valence-electron chi connectivity index (χ4n) is 4.78. The van der Waals surface area contributed by atoms with Crippen molar-refractivity contribution in [3.05, 3.63) is 117 Å². The maximum absolute atomic E-state index is 13.5. The van der Waals surface area contributed by atoms with E-state index < -0.39 is 17.7 Å². The molecule has 8 heteroatoms. The average molecular weight is 553 g/mol. The highest BCUT2D eigenvalue weighted by Crippen LogP contribution is 2.44. The van der Waals surface area contributed by atoms with Crippen LogP contribution in [0.4, 0.5) is 5.13 Å². The Bertz CT molecular complexity index is 1650. The standard InChI is InChI=1S/C32H28N2O5S/c1-18-10-11-19(2)25(16-18)28(36)26-27(23-12-14-24(15-13-23)39-17-22-8-6-5-7-9-22)34(31(38)29(26)37)32-33-20(3)30(40-32)21(4)35/h5-16,27,36H,17H2,1-4H3/b28-26+. The van der Waals surface area contributed by atoms with E-state index in [4.69, 9.17) is 4.74 Å². The summed E-state index contributed by atoms with van der Waals surface area (Å²) in [5, 5.41) is 11.7. The lowest BCUT2D eigenvalue weighted by molar-refractivity contribution is -0.132. The van der Waals surface area contributed by atoms with Crippen LogP contribution in [-0.4, -0.2) is 27.6 Å². The zero-order valence-corrected chi connectivity index (χ0v) is 23.4. The lowest BCUT2D eigenvalue weighted by Gasteiger charge is -2.23. The van der Waals surface area contributed by atoms with Gasteiger partial charge in [0.2, 0.25) is 0 Å². The summed E-state index contributed by atoms with van der Waals surface area (Å²) in [5.74, 6) is -1.44. The summed E-state index contributed by atoms with van der Waals surface area (Å²) in [6, 6.07) is 21.5. The molecule has 0 saturated carbocycles. The van der Waals surface area contributed by atoms with Gasteiger partial charge in [-0.2, -0.15) is 0 Å². The number of carbonyl (C=O) groups is 3. The Balaban J connectivity index is 1.61. The number of benzene rings is 3. The van der Waals surface area contributed by atoms with Crippen molar-refractivity contribution in [3.63, 3.8) is 0 Å². The summed E-state index contributed by atoms with van der Waals surface area (Å²) in [6.45, 7) is 7.24. The second-order valence-electron chi connectivity index (χ2n) is 9.80. The Kier molecular flexibility index (Phi) is 7.36. The second-order valence-corrected chi connectivity index (χ2v) is 10.8. The summed E-state index contributed by atoms with van der Waals surface area (Å²) in [6.07, 6.45) is 0. The third-order valence-electron chi connectivity index (χ3n) is 6.85. The van der Waals surface area contributed by atoms with E-state index in [9.17, 15) is 19.5 Å². The molecule has 1 aliphatic heterocycles. The van der Waals surface area contributed by atoms with E-state index in [0.29, 0.717) is 34.1 Å². The van der Waals surface area contributed by atoms with E-state index in [1.165, 1.54) is 11.8 Å². The van der Waals surface area contributed by atoms with Gasteiger partial charge in [0, 0.05) is 12.5 Å². The maximum Gasteiger partial charge on any atom is 0.301 e. The molecule has 202 valence electrons. The van der Waals surface area contributed by atoms with Crippen molar-refractivity contribution in [1.29, 1.82) is 0 Å². The van der Waals surface area contributed by atoms with Crippen LogP contribution in [0, 0.1) is 20.8 Å². The van der Waals surface area contributed by atoms with Crippen LogP contribution in [0.5, 0.6) is 5.75 Å². The second kappa shape index (κ2) is 10.9. The third-order valence-corrected chi connectivity index (χ3v) is 8.11. The quantitative estimate of drug-likeness (QED) is 0.122. The Labute approximate surface area is 236 Å². The lowest BCUT2D eigenvalue weighted by Crippen LogP contribution is -2.29. The van der Waals surface area contributed by atoms with Gasteiger partial charge < -0.3 is 9.84 Å². The van der Waals surface area contributed by atoms with Gasteiger partial charge in [-0.15, -0.1) is 0 Å². The molecule has 1 aliphatic rings. The number of aromatic nitrogens is 1. The van der Waals surface area contributed by atoms with Gasteiger partial charge in [0.1, 0.15) is 18.1 Å². The molecule has 1 N–H and O–H groups in total. The summed E-state index contributed by atoms with van der Waals surface area (Å²) in [7, 11) is 0. The molecule has 4 aromatic rings. The largest absolute Gasteiger partial charge is 0.507 e. The van der Waals surface area contributed by atoms with Gasteiger partial charge in [0.15, 0.2) is 10.9 Å². The molecule has 0 bridgehead atoms. The summed E-state index contributed by atoms with van der Waals surface area (Å²) in [5.41, 5.74) is 4.21. The van der Waals surface area contributed by atoms with Crippen LogP contribution < -0.4 is 9.64 Å². The van der Waals surface area contributed by atoms with Crippen LogP contribution in [0.25, 0.3) is 5.76 Å². The van der Waals surface area contributed by atoms with Crippen LogP contribution in [0.3, 0.4) is 0 Å². The first-order chi connectivity index (χ1) is 19.2. The van der Waals surface area contributed by atoms with Gasteiger partial charge in [-0.1, -0.05) is 71.5 Å². The number of thiazole rings is 1. The van der Waals surface area contributed by atoms with Crippen LogP contribution in [0.15, 0.2) is 78.4 Å². The number of hydrogen-bond acceptors (Lipinski definition) is 7. The van der Waals surface area contributed by atoms with Crippen LogP contribution in [-0.2, 0) is 16.2 Å². The molecule has 2 heterocycles. The van der Waals surface area contributed by atoms with Gasteiger partial charge in [-0.05, 0) is 55.7 Å². The lowest BCUT2D eigenvalue weighted by atomic mass is 9.93. The molecule has 1 amide bonds. The van der Waals surface area contributed by atoms with Crippen molar-refractivity contribution in [1.82, 2.24) is 4.98 Å². The zero-order chi connectivity index (χ0) is 28.6. The van der Waals surface area contributed by atoms with E-state index in [1.54, 1.807) is 37.3 Å². The summed E-state index contributed by atoms with van der Waals surface area (Å²) >= 11 is 1.06. The van der Waals surface area contributed by atoms with E-state index >= 15 is 0 Å². The van der Waals surface area contributed by atoms with Crippen molar-refractivity contribution < 1.29 is 24.2 Å². The molecule has 40 heavy (non-hydrogen) atoms. The number of carbonyl (C=O) groups excluding carboxylic acids is 3. The van der Waals surface area contributed by atoms with E-state index in [1.807, 2.05) is 56.3 Å². The van der Waals surface area contributed by atoms with E-state index in [0.717, 1.165) is 28.0 Å². The minimum Gasteiger partial charge on any atom is -0.507 e. The molecular formula is C32H28N2O5S. The Morgan fingerprint density at radius 3 is 2.35 bits per heavy atom. The highest BCUT2D eigenvalue weighted by atomic mass is 32.1. The SMILES string of the molecule is CC(=O)c1sc(N2C(=O)C(=O)/C(=C(/O)c3cc(C)ccc3C)C2c2ccc(OCc3ccccc3)cc2)nc1C. The molecular weight excluding hydrogens is 524 g/mol. The monoisotopic (exact) mass is 552 g/mol. The number of ketones is 2. The number of anilines is 1. The van der Waals surface area contributed by atoms with Gasteiger partial charge in [0.25, 0.3) is 5.78 Å². The topological polar surface area (TPSA) is 96.8 Å². The number of nitrogens with zero attached hydrogens (tertiary/aromatic N) is 2. The molecule has 1 unspecified atom stereocenters. The molecule has 1 aromatic heterocycles. The molecule has 5 rings (SSSR count). The van der Waals surface area contributed by atoms with Gasteiger partial charge in [-0.3, -0.25) is 19.3 Å². The third kappa shape index (κ3) is 5.05. The first-order valence-electron chi connectivity index (χ1n) is 12.8. The summed E-state index contributed by atoms with van der Waals surface area (Å²) < 4.78 is 5.92. The Morgan fingerprint density at radius 2 is 1.70 bits per heavy atom. The van der Waals surface area contributed by atoms with Crippen LogP contribution in [0.1, 0.15) is 56.1 Å². The first-order valence-corrected chi connectivity index (χ1v) is 13.6. The van der Waals surface area contributed by atoms with Crippen LogP contribution >= 0.6 is 11.3 Å². The Hall–Kier alpha value is -4.56. The van der Waals surface area contributed by atoms with Crippen molar-refractivity contribution in [3.8, 4) is 5.75 Å². The number of aryl methyl sites for hydroxylation is 3. The number of Topliss-reactive ketones (excluding diaryl/α,β-unsaturated/α-hetero) is 2. The maximum atomic E-state index is 13.5. The highest BCUT2D eigenvalue weighted by molar-refractivity contribution is 7.18. The van der Waals surface area contributed by atoms with Gasteiger partial charge in [-0.25, -0.2) is 4.98 Å². The predicted molar refractivity (Wildman–Crippen MR) is 155 cm³/mol. The fourth-order valence-corrected chi connectivity index (χ4v) is 5.77. The fraction of sp³-hybridized carbons (Fsp3) is 0.188. The molecule has 0 aliphatic carbocycles. The predicted octanol–water partition coefficient (Wildman–Crippen LogP) is 6.48. The Morgan fingerprint density at radius 1 is 1.00 bits per heavy atom. The van der Waals surface area contributed by atoms with Crippen molar-refractivity contribution in [2.75, 3.05) is 4.90 Å². The van der Waals surface area contributed by atoms with Crippen LogP contribution in [0.2, 0.25) is 0 Å². The smallest absolute Gasteiger partial charge is 0.301 e. The molecule has 1 atom stereocenters. The zero-order valence-electron chi connectivity index (χ0n) is 22.6. The first kappa shape index (κ1) is 27.0. The number of aliphatic hydroxyl groups excluding tert-OH is 1. The van der Waals surface area contributed by atoms with Gasteiger partial charge >= 0.3 is 5.91 Å². The van der Waals surface area contributed by atoms with Crippen molar-refractivity contribution >= 4 is 39.7 Å². The summed E-state index contributed by atoms with van der Waals surface area (Å²) in [4.78, 5) is 45.3. The molecule has 1 fully saturated rings. The normalized spacial score (nSPS) is 16.4. The minimum atomic E-state index is -0.951. The average Bonchev–Trinajstić information content (AvgIpc) is 3.46. The minimum absolute atomic E-state index is 0.0334. The number of ether oxygens (including phenoxy) is 1. The number of hydrogen-bond donors (Lipinski definition) is 1. The molecule has 0 spiro atoms. The highest BCUT2D eigenvalue weighted by Gasteiger charge is 2.48. The van der Waals surface area contributed by atoms with E-state index in [-0.39, 0.29) is 22.2 Å². The molecule has 3 aromatic carbocycles. The molecule has 1 saturated heterocycles. The number of amides is 1. The van der Waals surface area contributed by atoms with Crippen molar-refractivity contribution in [2.24, 2.45) is 0 Å². The molecule has 7 nitrogen and oxygen atoms in total.